The van der Waals surface area contributed by atoms with Gasteiger partial charge in [-0.05, 0) is 25.0 Å². The van der Waals surface area contributed by atoms with E-state index in [1.54, 1.807) is 18.2 Å². The van der Waals surface area contributed by atoms with Crippen LogP contribution in [0.4, 0.5) is 18.9 Å². The second kappa shape index (κ2) is 5.23. The van der Waals surface area contributed by atoms with E-state index in [2.05, 4.69) is 5.32 Å². The maximum atomic E-state index is 12.3. The van der Waals surface area contributed by atoms with E-state index in [1.807, 2.05) is 13.8 Å². The fraction of sp³-hybridized carbons (Fsp3) is 0.500. The van der Waals surface area contributed by atoms with Crippen molar-refractivity contribution in [3.63, 3.8) is 0 Å². The molecule has 1 unspecified atom stereocenters. The Bertz CT molecular complexity index is 333. The lowest BCUT2D eigenvalue weighted by Crippen LogP contribution is -2.17. The quantitative estimate of drug-likeness (QED) is 0.825. The highest BCUT2D eigenvalue weighted by Gasteiger charge is 2.28. The summed E-state index contributed by atoms with van der Waals surface area (Å²) in [5.41, 5.74) is 0.879. The Balaban J connectivity index is 2.83. The second-order valence-electron chi connectivity index (χ2n) is 3.90. The van der Waals surface area contributed by atoms with Gasteiger partial charge in [-0.15, -0.1) is 0 Å². The molecule has 1 nitrogen and oxygen atoms in total. The summed E-state index contributed by atoms with van der Waals surface area (Å²) in [6.45, 7) is 3.94. The van der Waals surface area contributed by atoms with Crippen molar-refractivity contribution in [1.82, 2.24) is 0 Å². The highest BCUT2D eigenvalue weighted by molar-refractivity contribution is 5.52. The lowest BCUT2D eigenvalue weighted by Gasteiger charge is -2.17. The van der Waals surface area contributed by atoms with Crippen LogP contribution in [0.15, 0.2) is 24.3 Å². The first-order chi connectivity index (χ1) is 7.42. The summed E-state index contributed by atoms with van der Waals surface area (Å²) in [5.74, 6) is 0. The largest absolute Gasteiger partial charge is 0.393 e. The molecule has 0 saturated heterocycles. The van der Waals surface area contributed by atoms with E-state index in [0.717, 1.165) is 6.42 Å². The summed E-state index contributed by atoms with van der Waals surface area (Å²) in [6.07, 6.45) is -4.17. The first-order valence-electron chi connectivity index (χ1n) is 5.33. The number of halogens is 3. The zero-order valence-corrected chi connectivity index (χ0v) is 9.43. The third kappa shape index (κ3) is 4.13. The molecule has 0 aromatic heterocycles. The molecule has 4 heteroatoms. The maximum Gasteiger partial charge on any atom is 0.393 e. The van der Waals surface area contributed by atoms with Crippen LogP contribution in [0.2, 0.25) is 0 Å². The Kier molecular flexibility index (Phi) is 4.21. The summed E-state index contributed by atoms with van der Waals surface area (Å²) in [6, 6.07) is 6.74. The van der Waals surface area contributed by atoms with Crippen molar-refractivity contribution in [2.24, 2.45) is 0 Å². The van der Waals surface area contributed by atoms with Gasteiger partial charge in [0.15, 0.2) is 0 Å². The van der Waals surface area contributed by atoms with Gasteiger partial charge in [0.1, 0.15) is 0 Å². The van der Waals surface area contributed by atoms with Crippen molar-refractivity contribution in [2.75, 3.05) is 5.32 Å². The Morgan fingerprint density at radius 2 is 1.88 bits per heavy atom. The molecule has 0 bridgehead atoms. The van der Waals surface area contributed by atoms with Gasteiger partial charge in [-0.2, -0.15) is 13.2 Å². The van der Waals surface area contributed by atoms with Crippen molar-refractivity contribution in [2.45, 2.75) is 38.9 Å². The van der Waals surface area contributed by atoms with Crippen LogP contribution in [-0.2, 0) is 6.42 Å². The molecule has 0 fully saturated rings. The molecular formula is C12H16F3N. The van der Waals surface area contributed by atoms with E-state index in [0.29, 0.717) is 11.3 Å². The van der Waals surface area contributed by atoms with Crippen LogP contribution in [-0.4, -0.2) is 12.2 Å². The lowest BCUT2D eigenvalue weighted by atomic mass is 10.1. The third-order valence-electron chi connectivity index (χ3n) is 2.42. The number of para-hydroxylation sites is 1. The molecule has 0 aliphatic rings. The number of nitrogens with one attached hydrogen (secondary N) is 1. The summed E-state index contributed by atoms with van der Waals surface area (Å²) in [7, 11) is 0. The smallest absolute Gasteiger partial charge is 0.382 e. The van der Waals surface area contributed by atoms with E-state index in [9.17, 15) is 13.2 Å². The van der Waals surface area contributed by atoms with Crippen LogP contribution in [0.3, 0.4) is 0 Å². The van der Waals surface area contributed by atoms with E-state index >= 15 is 0 Å². The molecule has 0 aliphatic carbocycles. The molecule has 1 atom stereocenters. The number of benzene rings is 1. The Labute approximate surface area is 93.7 Å². The molecule has 0 aliphatic heterocycles. The minimum absolute atomic E-state index is 0.175. The molecule has 90 valence electrons. The van der Waals surface area contributed by atoms with Crippen molar-refractivity contribution in [3.05, 3.63) is 29.8 Å². The van der Waals surface area contributed by atoms with Crippen LogP contribution >= 0.6 is 0 Å². The van der Waals surface area contributed by atoms with Gasteiger partial charge in [0.25, 0.3) is 0 Å². The monoisotopic (exact) mass is 231 g/mol. The summed E-state index contributed by atoms with van der Waals surface area (Å²) in [5, 5.41) is 3.08. The van der Waals surface area contributed by atoms with Crippen LogP contribution in [0.1, 0.15) is 25.8 Å². The molecule has 1 aromatic carbocycles. The molecule has 16 heavy (non-hydrogen) atoms. The standard InChI is InChI=1S/C12H16F3N/c1-3-9(2)16-11-7-5-4-6-10(11)8-12(13,14)15/h4-7,9,16H,3,8H2,1-2H3. The SMILES string of the molecule is CCC(C)Nc1ccccc1CC(F)(F)F. The Hall–Kier alpha value is -1.19. The summed E-state index contributed by atoms with van der Waals surface area (Å²) >= 11 is 0. The van der Waals surface area contributed by atoms with Crippen LogP contribution < -0.4 is 5.32 Å². The van der Waals surface area contributed by atoms with E-state index in [-0.39, 0.29) is 6.04 Å². The Morgan fingerprint density at radius 3 is 2.44 bits per heavy atom. The zero-order valence-electron chi connectivity index (χ0n) is 9.43. The molecule has 0 heterocycles. The van der Waals surface area contributed by atoms with Crippen LogP contribution in [0, 0.1) is 0 Å². The topological polar surface area (TPSA) is 12.0 Å². The molecule has 0 saturated carbocycles. The molecule has 0 spiro atoms. The molecule has 1 aromatic rings. The van der Waals surface area contributed by atoms with Gasteiger partial charge < -0.3 is 5.32 Å². The van der Waals surface area contributed by atoms with Gasteiger partial charge in [-0.1, -0.05) is 25.1 Å². The summed E-state index contributed by atoms with van der Waals surface area (Å²) < 4.78 is 36.9. The van der Waals surface area contributed by atoms with Gasteiger partial charge in [0.2, 0.25) is 0 Å². The van der Waals surface area contributed by atoms with E-state index in [1.165, 1.54) is 6.07 Å². The van der Waals surface area contributed by atoms with Crippen LogP contribution in [0.5, 0.6) is 0 Å². The van der Waals surface area contributed by atoms with Gasteiger partial charge in [-0.3, -0.25) is 0 Å². The average molecular weight is 231 g/mol. The van der Waals surface area contributed by atoms with Gasteiger partial charge in [-0.25, -0.2) is 0 Å². The second-order valence-corrected chi connectivity index (χ2v) is 3.90. The average Bonchev–Trinajstić information content (AvgIpc) is 2.18. The number of hydrogen-bond acceptors (Lipinski definition) is 1. The fourth-order valence-corrected chi connectivity index (χ4v) is 1.40. The zero-order chi connectivity index (χ0) is 12.2. The number of anilines is 1. The van der Waals surface area contributed by atoms with E-state index < -0.39 is 12.6 Å². The highest BCUT2D eigenvalue weighted by atomic mass is 19.4. The van der Waals surface area contributed by atoms with Crippen LogP contribution in [0.25, 0.3) is 0 Å². The molecule has 1 rings (SSSR count). The third-order valence-corrected chi connectivity index (χ3v) is 2.42. The summed E-state index contributed by atoms with van der Waals surface area (Å²) in [4.78, 5) is 0. The Morgan fingerprint density at radius 1 is 1.25 bits per heavy atom. The number of hydrogen-bond donors (Lipinski definition) is 1. The highest BCUT2D eigenvalue weighted by Crippen LogP contribution is 2.26. The molecule has 0 amide bonds. The van der Waals surface area contributed by atoms with Gasteiger partial charge >= 0.3 is 6.18 Å². The predicted octanol–water partition coefficient (Wildman–Crippen LogP) is 4.00. The fourth-order valence-electron chi connectivity index (χ4n) is 1.40. The minimum atomic E-state index is -4.16. The number of alkyl halides is 3. The maximum absolute atomic E-state index is 12.3. The first kappa shape index (κ1) is 12.9. The van der Waals surface area contributed by atoms with E-state index in [4.69, 9.17) is 0 Å². The normalized spacial score (nSPS) is 13.6. The first-order valence-corrected chi connectivity index (χ1v) is 5.33. The van der Waals surface area contributed by atoms with Crippen molar-refractivity contribution in [1.29, 1.82) is 0 Å². The van der Waals surface area contributed by atoms with Crippen molar-refractivity contribution < 1.29 is 13.2 Å². The predicted molar refractivity (Wildman–Crippen MR) is 59.6 cm³/mol. The van der Waals surface area contributed by atoms with Crippen molar-refractivity contribution >= 4 is 5.69 Å². The lowest BCUT2D eigenvalue weighted by molar-refractivity contribution is -0.127. The minimum Gasteiger partial charge on any atom is -0.382 e. The van der Waals surface area contributed by atoms with Gasteiger partial charge in [0, 0.05) is 11.7 Å². The number of rotatable bonds is 4. The van der Waals surface area contributed by atoms with Crippen molar-refractivity contribution in [3.8, 4) is 0 Å². The van der Waals surface area contributed by atoms with Gasteiger partial charge in [0.05, 0.1) is 6.42 Å². The molecular weight excluding hydrogens is 215 g/mol. The molecule has 1 N–H and O–H groups in total. The molecule has 0 radical (unpaired) electrons.